The molecule has 0 aromatic heterocycles. The lowest BCUT2D eigenvalue weighted by Crippen LogP contribution is -2.50. The van der Waals surface area contributed by atoms with Crippen LogP contribution in [0.25, 0.3) is 0 Å². The SMILES string of the molecule is COCC1(N)CCC1.Cl. The van der Waals surface area contributed by atoms with E-state index in [2.05, 4.69) is 0 Å². The van der Waals surface area contributed by atoms with Crippen LogP contribution >= 0.6 is 12.4 Å². The number of halogens is 1. The third-order valence-corrected chi connectivity index (χ3v) is 1.78. The molecule has 9 heavy (non-hydrogen) atoms. The Morgan fingerprint density at radius 2 is 2.11 bits per heavy atom. The minimum Gasteiger partial charge on any atom is -0.383 e. The Morgan fingerprint density at radius 3 is 2.22 bits per heavy atom. The third-order valence-electron chi connectivity index (χ3n) is 1.78. The molecular weight excluding hydrogens is 138 g/mol. The zero-order valence-corrected chi connectivity index (χ0v) is 6.54. The van der Waals surface area contributed by atoms with Gasteiger partial charge in [0.05, 0.1) is 6.61 Å². The Balaban J connectivity index is 0.000000640. The monoisotopic (exact) mass is 151 g/mol. The first-order valence-electron chi connectivity index (χ1n) is 3.05. The molecule has 0 bridgehead atoms. The molecular formula is C6H14ClNO. The van der Waals surface area contributed by atoms with Crippen LogP contribution in [0, 0.1) is 0 Å². The van der Waals surface area contributed by atoms with Crippen LogP contribution in [-0.4, -0.2) is 19.3 Å². The molecule has 0 amide bonds. The second-order valence-electron chi connectivity index (χ2n) is 2.65. The summed E-state index contributed by atoms with van der Waals surface area (Å²) in [6.07, 6.45) is 3.56. The van der Waals surface area contributed by atoms with E-state index in [0.717, 1.165) is 19.4 Å². The molecule has 0 atom stereocenters. The summed E-state index contributed by atoms with van der Waals surface area (Å²) in [5.74, 6) is 0. The first-order valence-corrected chi connectivity index (χ1v) is 3.05. The predicted octanol–water partition coefficient (Wildman–Crippen LogP) is 0.936. The summed E-state index contributed by atoms with van der Waals surface area (Å²) < 4.78 is 4.92. The molecule has 0 spiro atoms. The van der Waals surface area contributed by atoms with Crippen LogP contribution in [0.2, 0.25) is 0 Å². The summed E-state index contributed by atoms with van der Waals surface area (Å²) >= 11 is 0. The first kappa shape index (κ1) is 9.21. The second kappa shape index (κ2) is 3.40. The fourth-order valence-electron chi connectivity index (χ4n) is 1.06. The summed E-state index contributed by atoms with van der Waals surface area (Å²) in [6, 6.07) is 0. The molecule has 56 valence electrons. The van der Waals surface area contributed by atoms with E-state index < -0.39 is 0 Å². The Kier molecular flexibility index (Phi) is 3.48. The maximum absolute atomic E-state index is 5.79. The van der Waals surface area contributed by atoms with E-state index in [4.69, 9.17) is 10.5 Å². The minimum absolute atomic E-state index is 0. The Bertz CT molecular complexity index is 83.1. The van der Waals surface area contributed by atoms with Gasteiger partial charge in [-0.25, -0.2) is 0 Å². The highest BCUT2D eigenvalue weighted by Gasteiger charge is 2.31. The molecule has 0 radical (unpaired) electrons. The summed E-state index contributed by atoms with van der Waals surface area (Å²) in [5, 5.41) is 0. The molecule has 0 unspecified atom stereocenters. The van der Waals surface area contributed by atoms with Crippen molar-refractivity contribution < 1.29 is 4.74 Å². The molecule has 0 heterocycles. The number of hydrogen-bond donors (Lipinski definition) is 1. The largest absolute Gasteiger partial charge is 0.383 e. The maximum atomic E-state index is 5.79. The molecule has 1 aliphatic rings. The molecule has 0 aliphatic heterocycles. The fraction of sp³-hybridized carbons (Fsp3) is 1.00. The van der Waals surface area contributed by atoms with Gasteiger partial charge in [-0.3, -0.25) is 0 Å². The van der Waals surface area contributed by atoms with Gasteiger partial charge in [0.2, 0.25) is 0 Å². The smallest absolute Gasteiger partial charge is 0.0642 e. The van der Waals surface area contributed by atoms with Gasteiger partial charge in [0.25, 0.3) is 0 Å². The number of hydrogen-bond acceptors (Lipinski definition) is 2. The molecule has 1 rings (SSSR count). The predicted molar refractivity (Wildman–Crippen MR) is 39.9 cm³/mol. The topological polar surface area (TPSA) is 35.2 Å². The normalized spacial score (nSPS) is 22.0. The average Bonchev–Trinajstić information content (AvgIpc) is 1.64. The van der Waals surface area contributed by atoms with Crippen LogP contribution in [0.1, 0.15) is 19.3 Å². The molecule has 2 N–H and O–H groups in total. The molecule has 0 aromatic carbocycles. The van der Waals surface area contributed by atoms with Gasteiger partial charge in [0, 0.05) is 12.6 Å². The van der Waals surface area contributed by atoms with E-state index >= 15 is 0 Å². The van der Waals surface area contributed by atoms with Crippen molar-refractivity contribution in [3.63, 3.8) is 0 Å². The van der Waals surface area contributed by atoms with Gasteiger partial charge >= 0.3 is 0 Å². The quantitative estimate of drug-likeness (QED) is 0.638. The lowest BCUT2D eigenvalue weighted by Gasteiger charge is -2.37. The van der Waals surface area contributed by atoms with Gasteiger partial charge in [0.1, 0.15) is 0 Å². The van der Waals surface area contributed by atoms with Gasteiger partial charge in [-0.2, -0.15) is 0 Å². The Morgan fingerprint density at radius 1 is 1.56 bits per heavy atom. The molecule has 0 saturated heterocycles. The van der Waals surface area contributed by atoms with Crippen LogP contribution in [0.3, 0.4) is 0 Å². The lowest BCUT2D eigenvalue weighted by molar-refractivity contribution is 0.0848. The van der Waals surface area contributed by atoms with Crippen LogP contribution in [-0.2, 0) is 4.74 Å². The van der Waals surface area contributed by atoms with E-state index in [1.165, 1.54) is 6.42 Å². The van der Waals surface area contributed by atoms with Crippen molar-refractivity contribution in [3.05, 3.63) is 0 Å². The molecule has 0 aromatic rings. The second-order valence-corrected chi connectivity index (χ2v) is 2.65. The zero-order chi connectivity index (χ0) is 6.04. The number of methoxy groups -OCH3 is 1. The van der Waals surface area contributed by atoms with Crippen LogP contribution in [0.5, 0.6) is 0 Å². The number of ether oxygens (including phenoxy) is 1. The molecule has 1 saturated carbocycles. The van der Waals surface area contributed by atoms with Crippen molar-refractivity contribution in [2.24, 2.45) is 5.73 Å². The molecule has 1 aliphatic carbocycles. The number of nitrogens with two attached hydrogens (primary N) is 1. The van der Waals surface area contributed by atoms with Crippen LogP contribution < -0.4 is 5.73 Å². The van der Waals surface area contributed by atoms with Crippen LogP contribution in [0.15, 0.2) is 0 Å². The van der Waals surface area contributed by atoms with E-state index in [1.807, 2.05) is 0 Å². The first-order chi connectivity index (χ1) is 3.77. The summed E-state index contributed by atoms with van der Waals surface area (Å²) in [5.41, 5.74) is 5.84. The van der Waals surface area contributed by atoms with Gasteiger partial charge in [-0.1, -0.05) is 0 Å². The van der Waals surface area contributed by atoms with Crippen LogP contribution in [0.4, 0.5) is 0 Å². The van der Waals surface area contributed by atoms with Crippen molar-refractivity contribution in [1.29, 1.82) is 0 Å². The fourth-order valence-corrected chi connectivity index (χ4v) is 1.06. The van der Waals surface area contributed by atoms with Gasteiger partial charge in [-0.15, -0.1) is 12.4 Å². The number of rotatable bonds is 2. The Hall–Kier alpha value is 0.210. The highest BCUT2D eigenvalue weighted by molar-refractivity contribution is 5.85. The zero-order valence-electron chi connectivity index (χ0n) is 5.72. The molecule has 3 heteroatoms. The van der Waals surface area contributed by atoms with Crippen molar-refractivity contribution in [2.45, 2.75) is 24.8 Å². The maximum Gasteiger partial charge on any atom is 0.0642 e. The third kappa shape index (κ3) is 2.12. The van der Waals surface area contributed by atoms with E-state index in [0.29, 0.717) is 0 Å². The van der Waals surface area contributed by atoms with Gasteiger partial charge in [-0.05, 0) is 19.3 Å². The minimum atomic E-state index is 0. The lowest BCUT2D eigenvalue weighted by atomic mass is 9.78. The highest BCUT2D eigenvalue weighted by Crippen LogP contribution is 2.28. The summed E-state index contributed by atoms with van der Waals surface area (Å²) in [7, 11) is 1.70. The highest BCUT2D eigenvalue weighted by atomic mass is 35.5. The van der Waals surface area contributed by atoms with Crippen molar-refractivity contribution >= 4 is 12.4 Å². The Labute approximate surface area is 62.2 Å². The van der Waals surface area contributed by atoms with Crippen molar-refractivity contribution in [3.8, 4) is 0 Å². The van der Waals surface area contributed by atoms with Gasteiger partial charge < -0.3 is 10.5 Å². The standard InChI is InChI=1S/C6H13NO.ClH/c1-8-5-6(7)3-2-4-6;/h2-5,7H2,1H3;1H. The van der Waals surface area contributed by atoms with E-state index in [-0.39, 0.29) is 17.9 Å². The van der Waals surface area contributed by atoms with Gasteiger partial charge in [0.15, 0.2) is 0 Å². The van der Waals surface area contributed by atoms with Crippen molar-refractivity contribution in [1.82, 2.24) is 0 Å². The van der Waals surface area contributed by atoms with Crippen molar-refractivity contribution in [2.75, 3.05) is 13.7 Å². The average molecular weight is 152 g/mol. The molecule has 2 nitrogen and oxygen atoms in total. The summed E-state index contributed by atoms with van der Waals surface area (Å²) in [4.78, 5) is 0. The van der Waals surface area contributed by atoms with E-state index in [1.54, 1.807) is 7.11 Å². The summed E-state index contributed by atoms with van der Waals surface area (Å²) in [6.45, 7) is 0.729. The molecule has 1 fully saturated rings. The van der Waals surface area contributed by atoms with E-state index in [9.17, 15) is 0 Å².